The van der Waals surface area contributed by atoms with Gasteiger partial charge in [-0.2, -0.15) is 0 Å². The number of rotatable bonds is 6. The van der Waals surface area contributed by atoms with E-state index in [9.17, 15) is 0 Å². The average Bonchev–Trinajstić information content (AvgIpc) is 2.79. The van der Waals surface area contributed by atoms with E-state index in [1.165, 1.54) is 25.1 Å². The molecule has 0 heterocycles. The lowest BCUT2D eigenvalue weighted by Gasteiger charge is -2.35. The van der Waals surface area contributed by atoms with Gasteiger partial charge in [0.1, 0.15) is 8.24 Å². The first-order valence-electron chi connectivity index (χ1n) is 7.96. The largest absolute Gasteiger partial charge is 0.381 e. The van der Waals surface area contributed by atoms with Crippen LogP contribution in [-0.4, -0.2) is 33.8 Å². The number of allylic oxidation sites excluding steroid dienone is 5. The highest BCUT2D eigenvalue weighted by molar-refractivity contribution is 6.77. The Balaban J connectivity index is 2.17. The number of hydrogen-bond acceptors (Lipinski definition) is 2. The van der Waals surface area contributed by atoms with Crippen LogP contribution in [0.15, 0.2) is 36.1 Å². The molecule has 3 atom stereocenters. The molecule has 1 N–H and O–H groups in total. The highest BCUT2D eigenvalue weighted by atomic mass is 28.3. The molecule has 2 aliphatic carbocycles. The van der Waals surface area contributed by atoms with Crippen molar-refractivity contribution in [2.45, 2.75) is 38.4 Å². The SMILES string of the molecule is CCCCN[Si](C)(C)C1C=C(N(C)C)C2C=CC=CC21. The predicted molar refractivity (Wildman–Crippen MR) is 91.2 cm³/mol. The zero-order chi connectivity index (χ0) is 14.8. The monoisotopic (exact) mass is 290 g/mol. The van der Waals surface area contributed by atoms with Gasteiger partial charge in [-0.05, 0) is 24.4 Å². The van der Waals surface area contributed by atoms with Gasteiger partial charge in [-0.3, -0.25) is 0 Å². The zero-order valence-electron chi connectivity index (χ0n) is 13.7. The molecule has 0 aromatic heterocycles. The maximum Gasteiger partial charge on any atom is 0.127 e. The fraction of sp³-hybridized carbons (Fsp3) is 0.647. The Kier molecular flexibility index (Phi) is 4.92. The third-order valence-electron chi connectivity index (χ3n) is 4.74. The molecular formula is C17H30N2Si. The molecular weight excluding hydrogens is 260 g/mol. The van der Waals surface area contributed by atoms with Crippen molar-refractivity contribution < 1.29 is 0 Å². The van der Waals surface area contributed by atoms with Crippen LogP contribution in [0.4, 0.5) is 0 Å². The highest BCUT2D eigenvalue weighted by Crippen LogP contribution is 2.47. The summed E-state index contributed by atoms with van der Waals surface area (Å²) < 4.78 is 0. The van der Waals surface area contributed by atoms with E-state index in [0.717, 1.165) is 0 Å². The lowest BCUT2D eigenvalue weighted by molar-refractivity contribution is 0.427. The molecule has 0 saturated carbocycles. The molecule has 0 radical (unpaired) electrons. The molecule has 0 spiro atoms. The Bertz CT molecular complexity index is 421. The number of nitrogens with one attached hydrogen (secondary N) is 1. The van der Waals surface area contributed by atoms with Crippen LogP contribution in [0.2, 0.25) is 18.6 Å². The van der Waals surface area contributed by atoms with Gasteiger partial charge < -0.3 is 9.88 Å². The minimum Gasteiger partial charge on any atom is -0.381 e. The maximum absolute atomic E-state index is 3.91. The van der Waals surface area contributed by atoms with E-state index in [1.54, 1.807) is 0 Å². The topological polar surface area (TPSA) is 15.3 Å². The second-order valence-corrected chi connectivity index (χ2v) is 11.4. The summed E-state index contributed by atoms with van der Waals surface area (Å²) in [7, 11) is 2.91. The van der Waals surface area contributed by atoms with Crippen molar-refractivity contribution in [3.8, 4) is 0 Å². The molecule has 2 nitrogen and oxygen atoms in total. The van der Waals surface area contributed by atoms with Crippen molar-refractivity contribution in [2.24, 2.45) is 11.8 Å². The average molecular weight is 291 g/mol. The fourth-order valence-electron chi connectivity index (χ4n) is 3.51. The highest BCUT2D eigenvalue weighted by Gasteiger charge is 2.44. The number of hydrogen-bond donors (Lipinski definition) is 1. The smallest absolute Gasteiger partial charge is 0.127 e. The Morgan fingerprint density at radius 1 is 1.20 bits per heavy atom. The fourth-order valence-corrected chi connectivity index (χ4v) is 6.44. The van der Waals surface area contributed by atoms with Gasteiger partial charge in [0, 0.05) is 25.7 Å². The van der Waals surface area contributed by atoms with Crippen LogP contribution < -0.4 is 4.98 Å². The van der Waals surface area contributed by atoms with Gasteiger partial charge in [0.05, 0.1) is 0 Å². The Morgan fingerprint density at radius 2 is 1.90 bits per heavy atom. The van der Waals surface area contributed by atoms with Gasteiger partial charge in [-0.25, -0.2) is 0 Å². The van der Waals surface area contributed by atoms with Gasteiger partial charge in [-0.15, -0.1) is 0 Å². The third kappa shape index (κ3) is 3.09. The van der Waals surface area contributed by atoms with Crippen molar-refractivity contribution in [2.75, 3.05) is 20.6 Å². The molecule has 0 aromatic rings. The summed E-state index contributed by atoms with van der Waals surface area (Å²) in [6.45, 7) is 8.42. The first kappa shape index (κ1) is 15.6. The van der Waals surface area contributed by atoms with Crippen molar-refractivity contribution in [1.29, 1.82) is 0 Å². The summed E-state index contributed by atoms with van der Waals surface area (Å²) in [6.07, 6.45) is 14.4. The minimum atomic E-state index is -1.44. The van der Waals surface area contributed by atoms with Crippen LogP contribution in [0.3, 0.4) is 0 Å². The Labute approximate surface area is 125 Å². The van der Waals surface area contributed by atoms with Gasteiger partial charge in [-0.1, -0.05) is 56.8 Å². The van der Waals surface area contributed by atoms with Crippen molar-refractivity contribution in [3.05, 3.63) is 36.1 Å². The third-order valence-corrected chi connectivity index (χ3v) is 8.12. The molecule has 0 amide bonds. The second kappa shape index (κ2) is 6.31. The molecule has 0 aliphatic heterocycles. The number of nitrogens with zero attached hydrogens (tertiary/aromatic N) is 1. The summed E-state index contributed by atoms with van der Waals surface area (Å²) in [6, 6.07) is 0. The predicted octanol–water partition coefficient (Wildman–Crippen LogP) is 3.77. The summed E-state index contributed by atoms with van der Waals surface area (Å²) in [5, 5.41) is 0. The number of unbranched alkanes of at least 4 members (excludes halogenated alkanes) is 1. The van der Waals surface area contributed by atoms with Gasteiger partial charge in [0.2, 0.25) is 0 Å². The maximum atomic E-state index is 3.91. The lowest BCUT2D eigenvalue weighted by Crippen LogP contribution is -2.50. The van der Waals surface area contributed by atoms with E-state index in [-0.39, 0.29) is 0 Å². The first-order valence-corrected chi connectivity index (χ1v) is 11.0. The van der Waals surface area contributed by atoms with Crippen LogP contribution in [0.5, 0.6) is 0 Å². The van der Waals surface area contributed by atoms with E-state index < -0.39 is 8.24 Å². The van der Waals surface area contributed by atoms with Crippen molar-refractivity contribution >= 4 is 8.24 Å². The van der Waals surface area contributed by atoms with Gasteiger partial charge >= 0.3 is 0 Å². The van der Waals surface area contributed by atoms with Crippen molar-refractivity contribution in [3.63, 3.8) is 0 Å². The molecule has 0 bridgehead atoms. The van der Waals surface area contributed by atoms with E-state index in [2.05, 4.69) is 74.4 Å². The molecule has 0 saturated heterocycles. The van der Waals surface area contributed by atoms with Crippen LogP contribution in [0, 0.1) is 11.8 Å². The van der Waals surface area contributed by atoms with Crippen LogP contribution in [0.25, 0.3) is 0 Å². The molecule has 0 aromatic carbocycles. The van der Waals surface area contributed by atoms with E-state index in [1.807, 2.05) is 0 Å². The number of fused-ring (bicyclic) bond motifs is 1. The van der Waals surface area contributed by atoms with Gasteiger partial charge in [0.15, 0.2) is 0 Å². The summed E-state index contributed by atoms with van der Waals surface area (Å²) in [5.41, 5.74) is 2.20. The Morgan fingerprint density at radius 3 is 2.55 bits per heavy atom. The van der Waals surface area contributed by atoms with Crippen LogP contribution >= 0.6 is 0 Å². The quantitative estimate of drug-likeness (QED) is 0.592. The van der Waals surface area contributed by atoms with E-state index >= 15 is 0 Å². The molecule has 3 unspecified atom stereocenters. The second-order valence-electron chi connectivity index (χ2n) is 6.89. The summed E-state index contributed by atoms with van der Waals surface area (Å²) in [4.78, 5) is 6.22. The van der Waals surface area contributed by atoms with Gasteiger partial charge in [0.25, 0.3) is 0 Å². The minimum absolute atomic E-state index is 0.583. The van der Waals surface area contributed by atoms with Crippen LogP contribution in [0.1, 0.15) is 19.8 Å². The molecule has 112 valence electrons. The zero-order valence-corrected chi connectivity index (χ0v) is 14.7. The summed E-state index contributed by atoms with van der Waals surface area (Å²) in [5.74, 6) is 1.24. The molecule has 2 rings (SSSR count). The van der Waals surface area contributed by atoms with E-state index in [4.69, 9.17) is 0 Å². The van der Waals surface area contributed by atoms with Crippen molar-refractivity contribution in [1.82, 2.24) is 9.88 Å². The molecule has 3 heteroatoms. The standard InChI is InChI=1S/C17H30N2Si/c1-6-7-12-18-20(4,5)17-13-16(19(2)3)14-10-8-9-11-15(14)17/h8-11,13-15,17-18H,6-7,12H2,1-5H3. The lowest BCUT2D eigenvalue weighted by atomic mass is 9.89. The molecule has 2 aliphatic rings. The van der Waals surface area contributed by atoms with Crippen LogP contribution in [-0.2, 0) is 0 Å². The first-order chi connectivity index (χ1) is 9.47. The molecule has 0 fully saturated rings. The molecule has 20 heavy (non-hydrogen) atoms. The van der Waals surface area contributed by atoms with E-state index in [0.29, 0.717) is 17.4 Å². The normalized spacial score (nSPS) is 28.4. The Hall–Kier alpha value is -0.803. The summed E-state index contributed by atoms with van der Waals surface area (Å²) >= 11 is 0.